The summed E-state index contributed by atoms with van der Waals surface area (Å²) in [5.41, 5.74) is 0.617. The molecule has 1 aromatic rings. The van der Waals surface area contributed by atoms with Crippen molar-refractivity contribution in [2.75, 3.05) is 13.2 Å². The molecule has 0 aliphatic rings. The van der Waals surface area contributed by atoms with E-state index in [0.717, 1.165) is 12.1 Å². The molecule has 0 aromatic heterocycles. The normalized spacial score (nSPS) is 12.2. The lowest BCUT2D eigenvalue weighted by Crippen LogP contribution is -2.33. The van der Waals surface area contributed by atoms with Crippen LogP contribution >= 0.6 is 0 Å². The van der Waals surface area contributed by atoms with Crippen LogP contribution in [0, 0.1) is 17.6 Å². The maximum absolute atomic E-state index is 12.9. The number of benzene rings is 1. The van der Waals surface area contributed by atoms with E-state index in [-0.39, 0.29) is 12.5 Å². The highest BCUT2D eigenvalue weighted by atomic mass is 19.2. The van der Waals surface area contributed by atoms with Crippen molar-refractivity contribution < 1.29 is 18.7 Å². The van der Waals surface area contributed by atoms with E-state index in [1.165, 1.54) is 6.07 Å². The number of halogens is 2. The van der Waals surface area contributed by atoms with Crippen molar-refractivity contribution in [3.63, 3.8) is 0 Å². The van der Waals surface area contributed by atoms with Crippen LogP contribution in [0.2, 0.25) is 0 Å². The molecule has 0 radical (unpaired) electrons. The minimum atomic E-state index is -0.888. The Morgan fingerprint density at radius 3 is 2.67 bits per heavy atom. The molecule has 0 bridgehead atoms. The molecule has 0 spiro atoms. The summed E-state index contributed by atoms with van der Waals surface area (Å²) < 4.78 is 25.6. The number of aliphatic hydroxyl groups excluding tert-OH is 1. The number of aliphatic hydroxyl groups is 1. The molecule has 0 saturated heterocycles. The molecule has 1 aromatic carbocycles. The molecule has 3 nitrogen and oxygen atoms in total. The molecule has 1 amide bonds. The summed E-state index contributed by atoms with van der Waals surface area (Å²) in [5.74, 6) is -2.40. The minimum Gasteiger partial charge on any atom is -0.396 e. The van der Waals surface area contributed by atoms with Crippen LogP contribution in [0.3, 0.4) is 0 Å². The fourth-order valence-corrected chi connectivity index (χ4v) is 1.57. The fourth-order valence-electron chi connectivity index (χ4n) is 1.57. The van der Waals surface area contributed by atoms with Gasteiger partial charge in [-0.2, -0.15) is 0 Å². The number of amides is 1. The zero-order chi connectivity index (χ0) is 13.5. The van der Waals surface area contributed by atoms with Gasteiger partial charge < -0.3 is 10.4 Å². The average Bonchev–Trinajstić information content (AvgIpc) is 2.35. The Labute approximate surface area is 105 Å². The van der Waals surface area contributed by atoms with Gasteiger partial charge in [-0.3, -0.25) is 4.79 Å². The molecule has 2 N–H and O–H groups in total. The maximum Gasteiger partial charge on any atom is 0.225 e. The molecule has 0 fully saturated rings. The number of carbonyl (C=O) groups excluding carboxylic acids is 1. The van der Waals surface area contributed by atoms with Crippen LogP contribution in [-0.4, -0.2) is 24.2 Å². The third-order valence-electron chi connectivity index (χ3n) is 2.78. The molecule has 0 saturated carbocycles. The Kier molecular flexibility index (Phi) is 5.71. The Morgan fingerprint density at radius 2 is 2.11 bits per heavy atom. The standard InChI is InChI=1S/C13H17F2NO2/c1-2-10(8-17)13(18)16-6-5-9-3-4-11(14)12(15)7-9/h3-4,7,10,17H,2,5-6,8H2,1H3,(H,16,18). The molecule has 0 aliphatic heterocycles. The topological polar surface area (TPSA) is 49.3 Å². The van der Waals surface area contributed by atoms with Crippen LogP contribution in [-0.2, 0) is 11.2 Å². The summed E-state index contributed by atoms with van der Waals surface area (Å²) in [7, 11) is 0. The molecular weight excluding hydrogens is 240 g/mol. The smallest absolute Gasteiger partial charge is 0.225 e. The van der Waals surface area contributed by atoms with Crippen LogP contribution in [0.5, 0.6) is 0 Å². The first-order valence-electron chi connectivity index (χ1n) is 5.91. The monoisotopic (exact) mass is 257 g/mol. The van der Waals surface area contributed by atoms with E-state index in [4.69, 9.17) is 5.11 Å². The highest BCUT2D eigenvalue weighted by Crippen LogP contribution is 2.09. The van der Waals surface area contributed by atoms with Gasteiger partial charge >= 0.3 is 0 Å². The zero-order valence-corrected chi connectivity index (χ0v) is 10.2. The summed E-state index contributed by atoms with van der Waals surface area (Å²) in [6.45, 7) is 1.96. The van der Waals surface area contributed by atoms with E-state index in [1.807, 2.05) is 6.92 Å². The Balaban J connectivity index is 2.41. The van der Waals surface area contributed by atoms with Gasteiger partial charge in [-0.25, -0.2) is 8.78 Å². The van der Waals surface area contributed by atoms with E-state index in [2.05, 4.69) is 5.32 Å². The van der Waals surface area contributed by atoms with Crippen LogP contribution in [0.25, 0.3) is 0 Å². The van der Waals surface area contributed by atoms with Crippen molar-refractivity contribution in [2.45, 2.75) is 19.8 Å². The maximum atomic E-state index is 12.9. The van der Waals surface area contributed by atoms with Gasteiger partial charge in [-0.05, 0) is 30.5 Å². The van der Waals surface area contributed by atoms with E-state index in [1.54, 1.807) is 0 Å². The molecule has 0 heterocycles. The summed E-state index contributed by atoms with van der Waals surface area (Å²) in [6.07, 6.45) is 0.984. The van der Waals surface area contributed by atoms with Crippen LogP contribution in [0.4, 0.5) is 8.78 Å². The van der Waals surface area contributed by atoms with Crippen molar-refractivity contribution in [1.82, 2.24) is 5.32 Å². The summed E-state index contributed by atoms with van der Waals surface area (Å²) in [6, 6.07) is 3.66. The highest BCUT2D eigenvalue weighted by Gasteiger charge is 2.14. The summed E-state index contributed by atoms with van der Waals surface area (Å²) in [4.78, 5) is 11.5. The molecule has 100 valence electrons. The number of rotatable bonds is 6. The van der Waals surface area contributed by atoms with E-state index < -0.39 is 17.6 Å². The van der Waals surface area contributed by atoms with Gasteiger partial charge in [-0.1, -0.05) is 13.0 Å². The predicted molar refractivity (Wildman–Crippen MR) is 63.9 cm³/mol. The number of hydrogen-bond acceptors (Lipinski definition) is 2. The lowest BCUT2D eigenvalue weighted by molar-refractivity contribution is -0.126. The van der Waals surface area contributed by atoms with E-state index in [0.29, 0.717) is 24.9 Å². The van der Waals surface area contributed by atoms with Crippen molar-refractivity contribution in [3.8, 4) is 0 Å². The lowest BCUT2D eigenvalue weighted by atomic mass is 10.1. The number of hydrogen-bond donors (Lipinski definition) is 2. The van der Waals surface area contributed by atoms with E-state index in [9.17, 15) is 13.6 Å². The van der Waals surface area contributed by atoms with Crippen molar-refractivity contribution in [2.24, 2.45) is 5.92 Å². The highest BCUT2D eigenvalue weighted by molar-refractivity contribution is 5.78. The second-order valence-corrected chi connectivity index (χ2v) is 4.08. The van der Waals surface area contributed by atoms with E-state index >= 15 is 0 Å². The third kappa shape index (κ3) is 4.07. The molecule has 1 rings (SSSR count). The quantitative estimate of drug-likeness (QED) is 0.814. The molecule has 0 aliphatic carbocycles. The lowest BCUT2D eigenvalue weighted by Gasteiger charge is -2.12. The SMILES string of the molecule is CCC(CO)C(=O)NCCc1ccc(F)c(F)c1. The van der Waals surface area contributed by atoms with Gasteiger partial charge in [0, 0.05) is 6.54 Å². The van der Waals surface area contributed by atoms with Gasteiger partial charge in [0.05, 0.1) is 12.5 Å². The fraction of sp³-hybridized carbons (Fsp3) is 0.462. The second kappa shape index (κ2) is 7.06. The van der Waals surface area contributed by atoms with Crippen molar-refractivity contribution in [3.05, 3.63) is 35.4 Å². The van der Waals surface area contributed by atoms with Gasteiger partial charge in [0.25, 0.3) is 0 Å². The van der Waals surface area contributed by atoms with Crippen LogP contribution in [0.1, 0.15) is 18.9 Å². The van der Waals surface area contributed by atoms with Crippen LogP contribution in [0.15, 0.2) is 18.2 Å². The molecule has 5 heteroatoms. The first-order chi connectivity index (χ1) is 8.58. The van der Waals surface area contributed by atoms with Crippen LogP contribution < -0.4 is 5.32 Å². The van der Waals surface area contributed by atoms with Crippen molar-refractivity contribution in [1.29, 1.82) is 0 Å². The summed E-state index contributed by atoms with van der Waals surface area (Å²) >= 11 is 0. The Morgan fingerprint density at radius 1 is 1.39 bits per heavy atom. The Bertz CT molecular complexity index is 406. The van der Waals surface area contributed by atoms with Gasteiger partial charge in [0.15, 0.2) is 11.6 Å². The third-order valence-corrected chi connectivity index (χ3v) is 2.78. The van der Waals surface area contributed by atoms with Gasteiger partial charge in [-0.15, -0.1) is 0 Å². The molecule has 1 atom stereocenters. The first-order valence-corrected chi connectivity index (χ1v) is 5.91. The van der Waals surface area contributed by atoms with Crippen molar-refractivity contribution >= 4 is 5.91 Å². The minimum absolute atomic E-state index is 0.187. The number of carbonyl (C=O) groups is 1. The second-order valence-electron chi connectivity index (χ2n) is 4.08. The Hall–Kier alpha value is -1.49. The molecule has 18 heavy (non-hydrogen) atoms. The zero-order valence-electron chi connectivity index (χ0n) is 10.2. The summed E-state index contributed by atoms with van der Waals surface area (Å²) in [5, 5.41) is 11.6. The molecule has 1 unspecified atom stereocenters. The molecular formula is C13H17F2NO2. The van der Waals surface area contributed by atoms with Gasteiger partial charge in [0.1, 0.15) is 0 Å². The van der Waals surface area contributed by atoms with Gasteiger partial charge in [0.2, 0.25) is 5.91 Å². The largest absolute Gasteiger partial charge is 0.396 e. The average molecular weight is 257 g/mol. The predicted octanol–water partition coefficient (Wildman–Crippen LogP) is 1.64. The number of nitrogens with one attached hydrogen (secondary N) is 1. The first kappa shape index (κ1) is 14.6.